The summed E-state index contributed by atoms with van der Waals surface area (Å²) in [5.41, 5.74) is 0.0467. The number of nitrogens with zero attached hydrogens (tertiary/aromatic N) is 2. The van der Waals surface area contributed by atoms with Gasteiger partial charge in [-0.05, 0) is 30.3 Å². The highest BCUT2D eigenvalue weighted by molar-refractivity contribution is 5.94. The Morgan fingerprint density at radius 3 is 2.39 bits per heavy atom. The first-order valence-electron chi connectivity index (χ1n) is 9.56. The van der Waals surface area contributed by atoms with E-state index in [-0.39, 0.29) is 18.3 Å². The summed E-state index contributed by atoms with van der Waals surface area (Å²) in [6, 6.07) is 11.6. The molecule has 4 rings (SSSR count). The molecule has 2 amide bonds. The number of carbonyl (C=O) groups excluding carboxylic acids is 1. The minimum atomic E-state index is -4.25. The van der Waals surface area contributed by atoms with Crippen molar-refractivity contribution in [3.05, 3.63) is 59.9 Å². The van der Waals surface area contributed by atoms with Crippen LogP contribution in [0, 0.1) is 5.82 Å². The van der Waals surface area contributed by atoms with Gasteiger partial charge < -0.3 is 14.4 Å². The molecule has 0 aliphatic carbocycles. The zero-order valence-corrected chi connectivity index (χ0v) is 16.2. The predicted molar refractivity (Wildman–Crippen MR) is 101 cm³/mol. The van der Waals surface area contributed by atoms with Gasteiger partial charge in [0.05, 0.1) is 13.2 Å². The van der Waals surface area contributed by atoms with E-state index < -0.39 is 30.4 Å². The fourth-order valence-electron chi connectivity index (χ4n) is 3.49. The van der Waals surface area contributed by atoms with Crippen molar-refractivity contribution in [2.24, 2.45) is 0 Å². The van der Waals surface area contributed by atoms with Crippen LogP contribution in [-0.4, -0.2) is 56.1 Å². The molecule has 5 nitrogen and oxygen atoms in total. The Labute approximate surface area is 174 Å². The van der Waals surface area contributed by atoms with Crippen LogP contribution in [0.3, 0.4) is 0 Å². The molecule has 1 unspecified atom stereocenters. The quantitative estimate of drug-likeness (QED) is 0.453. The molecule has 2 heterocycles. The van der Waals surface area contributed by atoms with Gasteiger partial charge >= 0.3 is 18.4 Å². The predicted octanol–water partition coefficient (Wildman–Crippen LogP) is 4.27. The lowest BCUT2D eigenvalue weighted by atomic mass is 9.99. The van der Waals surface area contributed by atoms with Crippen molar-refractivity contribution >= 4 is 11.7 Å². The van der Waals surface area contributed by atoms with Crippen LogP contribution in [-0.2, 0) is 10.3 Å². The van der Waals surface area contributed by atoms with Crippen LogP contribution in [0.1, 0.15) is 5.56 Å². The summed E-state index contributed by atoms with van der Waals surface area (Å²) >= 11 is 0. The second kappa shape index (κ2) is 7.99. The van der Waals surface area contributed by atoms with Crippen molar-refractivity contribution in [3.63, 3.8) is 0 Å². The normalized spacial score (nSPS) is 21.2. The number of amides is 2. The molecule has 166 valence electrons. The van der Waals surface area contributed by atoms with E-state index in [4.69, 9.17) is 9.47 Å². The minimum absolute atomic E-state index is 0.0162. The van der Waals surface area contributed by atoms with Gasteiger partial charge in [-0.3, -0.25) is 4.90 Å². The Balaban J connectivity index is 1.39. The maximum Gasteiger partial charge on any atom is 0.340 e. The fraction of sp³-hybridized carbons (Fsp3) is 0.381. The molecule has 0 bridgehead atoms. The molecule has 0 N–H and O–H groups in total. The molecule has 2 aromatic carbocycles. The Hall–Kier alpha value is -2.88. The first-order chi connectivity index (χ1) is 14.7. The highest BCUT2D eigenvalue weighted by atomic mass is 19.3. The number of alkyl halides is 4. The van der Waals surface area contributed by atoms with Gasteiger partial charge in [-0.1, -0.05) is 18.2 Å². The second-order valence-electron chi connectivity index (χ2n) is 7.46. The van der Waals surface area contributed by atoms with E-state index in [2.05, 4.69) is 0 Å². The molecule has 2 fully saturated rings. The number of halogens is 5. The average Bonchev–Trinajstić information content (AvgIpc) is 3.44. The average molecular weight is 442 g/mol. The summed E-state index contributed by atoms with van der Waals surface area (Å²) in [6.45, 7) is -0.161. The number of hydrogen-bond donors (Lipinski definition) is 0. The third-order valence-electron chi connectivity index (χ3n) is 5.30. The largest absolute Gasteiger partial charge is 0.487 e. The highest BCUT2D eigenvalue weighted by Gasteiger charge is 2.51. The molecular weight excluding hydrogens is 423 g/mol. The van der Waals surface area contributed by atoms with Crippen LogP contribution in [0.5, 0.6) is 5.75 Å². The first-order valence-corrected chi connectivity index (χ1v) is 9.56. The van der Waals surface area contributed by atoms with Gasteiger partial charge in [0.2, 0.25) is 0 Å². The number of benzene rings is 2. The van der Waals surface area contributed by atoms with Crippen LogP contribution in [0.25, 0.3) is 0 Å². The number of anilines is 1. The molecule has 0 spiro atoms. The minimum Gasteiger partial charge on any atom is -0.487 e. The van der Waals surface area contributed by atoms with Crippen LogP contribution >= 0.6 is 0 Å². The number of urea groups is 1. The standard InChI is InChI=1S/C21H19F5N2O3/c22-17-4-2-1-3-16(17)20(12-31-20)11-27-9-10-28(19(27)29)14-5-7-15(8-6-14)30-13-21(25,26)18(23)24/h1-8,18H,9-13H2. The van der Waals surface area contributed by atoms with E-state index >= 15 is 0 Å². The molecule has 0 aromatic heterocycles. The zero-order valence-electron chi connectivity index (χ0n) is 16.2. The Morgan fingerprint density at radius 1 is 1.10 bits per heavy atom. The van der Waals surface area contributed by atoms with Crippen LogP contribution in [0.4, 0.5) is 32.4 Å². The summed E-state index contributed by atoms with van der Waals surface area (Å²) < 4.78 is 74.8. The van der Waals surface area contributed by atoms with Gasteiger partial charge in [0, 0.05) is 24.3 Å². The third kappa shape index (κ3) is 4.30. The Bertz CT molecular complexity index is 950. The van der Waals surface area contributed by atoms with Crippen molar-refractivity contribution in [1.82, 2.24) is 4.90 Å². The van der Waals surface area contributed by atoms with Crippen LogP contribution < -0.4 is 9.64 Å². The van der Waals surface area contributed by atoms with Crippen LogP contribution in [0.15, 0.2) is 48.5 Å². The molecule has 10 heteroatoms. The van der Waals surface area contributed by atoms with Crippen molar-refractivity contribution in [3.8, 4) is 5.75 Å². The lowest BCUT2D eigenvalue weighted by Gasteiger charge is -2.22. The molecule has 0 radical (unpaired) electrons. The molecule has 31 heavy (non-hydrogen) atoms. The lowest BCUT2D eigenvalue weighted by Crippen LogP contribution is -2.38. The number of rotatable bonds is 8. The smallest absolute Gasteiger partial charge is 0.340 e. The monoisotopic (exact) mass is 442 g/mol. The van der Waals surface area contributed by atoms with Gasteiger partial charge in [-0.2, -0.15) is 8.78 Å². The Morgan fingerprint density at radius 2 is 1.77 bits per heavy atom. The summed E-state index contributed by atoms with van der Waals surface area (Å²) in [7, 11) is 0. The van der Waals surface area contributed by atoms with E-state index in [9.17, 15) is 26.7 Å². The van der Waals surface area contributed by atoms with Crippen molar-refractivity contribution in [2.75, 3.05) is 37.7 Å². The molecule has 2 saturated heterocycles. The van der Waals surface area contributed by atoms with E-state index in [0.717, 1.165) is 0 Å². The van der Waals surface area contributed by atoms with E-state index in [0.29, 0.717) is 30.9 Å². The zero-order chi connectivity index (χ0) is 22.2. The summed E-state index contributed by atoms with van der Waals surface area (Å²) in [6.07, 6.45) is -3.82. The topological polar surface area (TPSA) is 45.3 Å². The number of ether oxygens (including phenoxy) is 2. The SMILES string of the molecule is O=C1N(CC2(c3ccccc3F)CO2)CCN1c1ccc(OCC(F)(F)C(F)F)cc1. The van der Waals surface area contributed by atoms with Crippen molar-refractivity contribution in [2.45, 2.75) is 17.9 Å². The fourth-order valence-corrected chi connectivity index (χ4v) is 3.49. The summed E-state index contributed by atoms with van der Waals surface area (Å²) in [5, 5.41) is 0. The van der Waals surface area contributed by atoms with E-state index in [1.165, 1.54) is 35.2 Å². The molecular formula is C21H19F5N2O3. The van der Waals surface area contributed by atoms with Gasteiger partial charge in [-0.15, -0.1) is 0 Å². The maximum atomic E-state index is 14.2. The van der Waals surface area contributed by atoms with Gasteiger partial charge in [0.1, 0.15) is 17.2 Å². The summed E-state index contributed by atoms with van der Waals surface area (Å²) in [4.78, 5) is 15.9. The number of carbonyl (C=O) groups is 1. The molecule has 2 aliphatic heterocycles. The number of epoxide rings is 1. The van der Waals surface area contributed by atoms with E-state index in [1.54, 1.807) is 23.1 Å². The van der Waals surface area contributed by atoms with Gasteiger partial charge in [0.25, 0.3) is 0 Å². The number of hydrogen-bond acceptors (Lipinski definition) is 3. The second-order valence-corrected chi connectivity index (χ2v) is 7.46. The molecule has 0 saturated carbocycles. The molecule has 1 atom stereocenters. The van der Waals surface area contributed by atoms with Gasteiger partial charge in [0.15, 0.2) is 6.61 Å². The maximum absolute atomic E-state index is 14.2. The van der Waals surface area contributed by atoms with E-state index in [1.807, 2.05) is 0 Å². The lowest BCUT2D eigenvalue weighted by molar-refractivity contribution is -0.148. The van der Waals surface area contributed by atoms with Crippen LogP contribution in [0.2, 0.25) is 0 Å². The molecule has 2 aliphatic rings. The van der Waals surface area contributed by atoms with Crippen molar-refractivity contribution < 1.29 is 36.2 Å². The van der Waals surface area contributed by atoms with Gasteiger partial charge in [-0.25, -0.2) is 18.0 Å². The third-order valence-corrected chi connectivity index (χ3v) is 5.30. The summed E-state index contributed by atoms with van der Waals surface area (Å²) in [5.74, 6) is -4.66. The Kier molecular flexibility index (Phi) is 5.50. The highest BCUT2D eigenvalue weighted by Crippen LogP contribution is 2.41. The molecule has 2 aromatic rings. The first kappa shape index (κ1) is 21.4. The van der Waals surface area contributed by atoms with Crippen molar-refractivity contribution in [1.29, 1.82) is 0 Å².